The van der Waals surface area contributed by atoms with E-state index in [1.807, 2.05) is 6.92 Å². The predicted molar refractivity (Wildman–Crippen MR) is 85.3 cm³/mol. The maximum atomic E-state index is 6.37. The minimum absolute atomic E-state index is 0.0358. The Morgan fingerprint density at radius 2 is 1.95 bits per heavy atom. The Balaban J connectivity index is 1.99. The van der Waals surface area contributed by atoms with Crippen LogP contribution in [0.25, 0.3) is 11.0 Å². The first-order chi connectivity index (χ1) is 9.70. The topological polar surface area (TPSA) is 17.8 Å². The third-order valence-corrected chi connectivity index (χ3v) is 4.93. The largest absolute Gasteiger partial charge is 0.324 e. The molecule has 20 heavy (non-hydrogen) atoms. The van der Waals surface area contributed by atoms with Gasteiger partial charge in [0.25, 0.3) is 0 Å². The zero-order chi connectivity index (χ0) is 14.1. The van der Waals surface area contributed by atoms with Crippen LogP contribution < -0.4 is 0 Å². The molecular weight excluding hydrogens is 268 g/mol. The Bertz CT molecular complexity index is 580. The molecule has 0 N–H and O–H groups in total. The molecular formula is C17H23ClN2. The summed E-state index contributed by atoms with van der Waals surface area (Å²) in [7, 11) is 0. The summed E-state index contributed by atoms with van der Waals surface area (Å²) in [5.41, 5.74) is 2.32. The third-order valence-electron chi connectivity index (χ3n) is 4.74. The van der Waals surface area contributed by atoms with Gasteiger partial charge in [-0.05, 0) is 50.7 Å². The van der Waals surface area contributed by atoms with Crippen molar-refractivity contribution >= 4 is 22.6 Å². The lowest BCUT2D eigenvalue weighted by molar-refractivity contribution is 0.269. The molecule has 2 aromatic rings. The Morgan fingerprint density at radius 3 is 2.60 bits per heavy atom. The second kappa shape index (κ2) is 5.77. The number of alkyl halides is 1. The molecule has 108 valence electrons. The molecule has 1 aromatic heterocycles. The molecule has 0 amide bonds. The maximum Gasteiger partial charge on any atom is 0.127 e. The fourth-order valence-corrected chi connectivity index (χ4v) is 3.69. The van der Waals surface area contributed by atoms with Crippen molar-refractivity contribution in [3.63, 3.8) is 0 Å². The molecule has 1 fully saturated rings. The van der Waals surface area contributed by atoms with Gasteiger partial charge in [-0.3, -0.25) is 0 Å². The van der Waals surface area contributed by atoms with E-state index in [0.29, 0.717) is 6.04 Å². The van der Waals surface area contributed by atoms with Crippen molar-refractivity contribution < 1.29 is 0 Å². The number of hydrogen-bond acceptors (Lipinski definition) is 1. The summed E-state index contributed by atoms with van der Waals surface area (Å²) in [6.45, 7) is 4.33. The molecule has 0 aliphatic heterocycles. The van der Waals surface area contributed by atoms with Crippen molar-refractivity contribution in [1.29, 1.82) is 0 Å². The van der Waals surface area contributed by atoms with Gasteiger partial charge in [0.2, 0.25) is 0 Å². The van der Waals surface area contributed by atoms with Crippen molar-refractivity contribution in [3.8, 4) is 0 Å². The molecule has 1 aromatic carbocycles. The molecule has 1 unspecified atom stereocenters. The van der Waals surface area contributed by atoms with Crippen LogP contribution in [0.1, 0.15) is 63.2 Å². The molecule has 1 aliphatic rings. The highest BCUT2D eigenvalue weighted by Crippen LogP contribution is 2.38. The molecule has 3 rings (SSSR count). The minimum Gasteiger partial charge on any atom is -0.324 e. The molecule has 1 atom stereocenters. The normalized spacial score (nSPS) is 24.9. The summed E-state index contributed by atoms with van der Waals surface area (Å²) < 4.78 is 2.42. The molecule has 0 bridgehead atoms. The zero-order valence-electron chi connectivity index (χ0n) is 12.3. The summed E-state index contributed by atoms with van der Waals surface area (Å²) >= 11 is 6.37. The average molecular weight is 291 g/mol. The molecule has 0 saturated heterocycles. The van der Waals surface area contributed by atoms with Gasteiger partial charge in [-0.15, -0.1) is 11.6 Å². The van der Waals surface area contributed by atoms with Crippen LogP contribution in [-0.2, 0) is 0 Å². The van der Waals surface area contributed by atoms with E-state index in [2.05, 4.69) is 35.8 Å². The Morgan fingerprint density at radius 1 is 1.25 bits per heavy atom. The summed E-state index contributed by atoms with van der Waals surface area (Å²) in [6, 6.07) is 8.99. The Hall–Kier alpha value is -1.02. The number of nitrogens with zero attached hydrogens (tertiary/aromatic N) is 2. The summed E-state index contributed by atoms with van der Waals surface area (Å²) in [5.74, 6) is 1.95. The number of fused-ring (bicyclic) bond motifs is 1. The standard InChI is InChI=1S/C17H23ClN2/c1-3-13-8-10-14(11-9-13)20-16-7-5-4-6-15(16)19-17(20)12(2)18/h4-7,12-14H,3,8-11H2,1-2H3. The Kier molecular flexibility index (Phi) is 4.02. The zero-order valence-corrected chi connectivity index (χ0v) is 13.1. The lowest BCUT2D eigenvalue weighted by Gasteiger charge is -2.30. The number of hydrogen-bond donors (Lipinski definition) is 0. The van der Waals surface area contributed by atoms with Gasteiger partial charge < -0.3 is 4.57 Å². The first-order valence-electron chi connectivity index (χ1n) is 7.81. The summed E-state index contributed by atoms with van der Waals surface area (Å²) in [4.78, 5) is 4.76. The second-order valence-electron chi connectivity index (χ2n) is 6.03. The highest BCUT2D eigenvalue weighted by Gasteiger charge is 2.26. The predicted octanol–water partition coefficient (Wildman–Crippen LogP) is 5.48. The van der Waals surface area contributed by atoms with Crippen LogP contribution in [0.4, 0.5) is 0 Å². The van der Waals surface area contributed by atoms with E-state index in [9.17, 15) is 0 Å². The average Bonchev–Trinajstić information content (AvgIpc) is 2.87. The number of halogens is 1. The van der Waals surface area contributed by atoms with Crippen molar-refractivity contribution in [1.82, 2.24) is 9.55 Å². The van der Waals surface area contributed by atoms with Crippen LogP contribution in [0.3, 0.4) is 0 Å². The van der Waals surface area contributed by atoms with Gasteiger partial charge in [-0.25, -0.2) is 4.98 Å². The number of imidazole rings is 1. The number of benzene rings is 1. The highest BCUT2D eigenvalue weighted by molar-refractivity contribution is 6.20. The van der Waals surface area contributed by atoms with E-state index in [1.165, 1.54) is 37.6 Å². The molecule has 3 heteroatoms. The molecule has 2 nitrogen and oxygen atoms in total. The highest BCUT2D eigenvalue weighted by atomic mass is 35.5. The van der Waals surface area contributed by atoms with E-state index >= 15 is 0 Å². The fourth-order valence-electron chi connectivity index (χ4n) is 3.54. The van der Waals surface area contributed by atoms with E-state index in [1.54, 1.807) is 0 Å². The molecule has 1 saturated carbocycles. The van der Waals surface area contributed by atoms with Crippen LogP contribution in [0, 0.1) is 5.92 Å². The van der Waals surface area contributed by atoms with Crippen molar-refractivity contribution in [2.45, 2.75) is 57.4 Å². The second-order valence-corrected chi connectivity index (χ2v) is 6.68. The number of rotatable bonds is 3. The van der Waals surface area contributed by atoms with E-state index in [-0.39, 0.29) is 5.38 Å². The van der Waals surface area contributed by atoms with Gasteiger partial charge in [0.1, 0.15) is 5.82 Å². The molecule has 1 aliphatic carbocycles. The third kappa shape index (κ3) is 2.46. The molecule has 0 radical (unpaired) electrons. The van der Waals surface area contributed by atoms with Gasteiger partial charge in [-0.1, -0.05) is 25.5 Å². The van der Waals surface area contributed by atoms with Crippen LogP contribution in [0.5, 0.6) is 0 Å². The molecule has 0 spiro atoms. The lowest BCUT2D eigenvalue weighted by atomic mass is 9.84. The van der Waals surface area contributed by atoms with E-state index in [4.69, 9.17) is 16.6 Å². The molecule has 1 heterocycles. The SMILES string of the molecule is CCC1CCC(n2c(C(C)Cl)nc3ccccc32)CC1. The minimum atomic E-state index is -0.0358. The smallest absolute Gasteiger partial charge is 0.127 e. The fraction of sp³-hybridized carbons (Fsp3) is 0.588. The van der Waals surface area contributed by atoms with Crippen LogP contribution in [0.15, 0.2) is 24.3 Å². The van der Waals surface area contributed by atoms with Crippen LogP contribution in [0.2, 0.25) is 0 Å². The van der Waals surface area contributed by atoms with Crippen molar-refractivity contribution in [3.05, 3.63) is 30.1 Å². The van der Waals surface area contributed by atoms with Crippen LogP contribution >= 0.6 is 11.6 Å². The first kappa shape index (κ1) is 13.9. The first-order valence-corrected chi connectivity index (χ1v) is 8.25. The van der Waals surface area contributed by atoms with Gasteiger partial charge in [0.15, 0.2) is 0 Å². The van der Waals surface area contributed by atoms with Gasteiger partial charge in [-0.2, -0.15) is 0 Å². The summed E-state index contributed by atoms with van der Waals surface area (Å²) in [6.07, 6.45) is 6.51. The van der Waals surface area contributed by atoms with E-state index < -0.39 is 0 Å². The monoisotopic (exact) mass is 290 g/mol. The summed E-state index contributed by atoms with van der Waals surface area (Å²) in [5, 5.41) is -0.0358. The Labute approximate surface area is 126 Å². The lowest BCUT2D eigenvalue weighted by Crippen LogP contribution is -2.19. The van der Waals surface area contributed by atoms with Crippen molar-refractivity contribution in [2.24, 2.45) is 5.92 Å². The van der Waals surface area contributed by atoms with Gasteiger partial charge in [0, 0.05) is 6.04 Å². The van der Waals surface area contributed by atoms with Crippen molar-refractivity contribution in [2.75, 3.05) is 0 Å². The van der Waals surface area contributed by atoms with Gasteiger partial charge >= 0.3 is 0 Å². The van der Waals surface area contributed by atoms with Crippen LogP contribution in [-0.4, -0.2) is 9.55 Å². The maximum absolute atomic E-state index is 6.37. The van der Waals surface area contributed by atoms with Gasteiger partial charge in [0.05, 0.1) is 16.4 Å². The quantitative estimate of drug-likeness (QED) is 0.685. The van der Waals surface area contributed by atoms with E-state index in [0.717, 1.165) is 17.3 Å². The number of aromatic nitrogens is 2. The number of para-hydroxylation sites is 2.